The second-order valence-corrected chi connectivity index (χ2v) is 6.23. The minimum atomic E-state index is 0. The van der Waals surface area contributed by atoms with Crippen LogP contribution < -0.4 is 10.6 Å². The Bertz CT molecular complexity index is 356. The molecule has 0 aromatic heterocycles. The van der Waals surface area contributed by atoms with Gasteiger partial charge in [-0.05, 0) is 50.0 Å². The highest BCUT2D eigenvalue weighted by Crippen LogP contribution is 2.49. The van der Waals surface area contributed by atoms with Crippen LogP contribution in [0.2, 0.25) is 0 Å². The van der Waals surface area contributed by atoms with Gasteiger partial charge in [-0.1, -0.05) is 18.1 Å². The summed E-state index contributed by atoms with van der Waals surface area (Å²) in [5.74, 6) is 2.76. The molecular weight excluding hydrogens is 260 g/mol. The predicted octanol–water partition coefficient (Wildman–Crippen LogP) is 2.27. The summed E-state index contributed by atoms with van der Waals surface area (Å²) in [4.78, 5) is 12.0. The number of rotatable bonds is 4. The summed E-state index contributed by atoms with van der Waals surface area (Å²) in [7, 11) is 0. The number of amides is 1. The molecule has 3 atom stereocenters. The maximum absolute atomic E-state index is 12.0. The topological polar surface area (TPSA) is 41.1 Å². The van der Waals surface area contributed by atoms with E-state index < -0.39 is 0 Å². The van der Waals surface area contributed by atoms with Gasteiger partial charge in [0.1, 0.15) is 0 Å². The van der Waals surface area contributed by atoms with Crippen molar-refractivity contribution in [1.29, 1.82) is 0 Å². The Balaban J connectivity index is 0.00000133. The first-order valence-electron chi connectivity index (χ1n) is 7.46. The zero-order chi connectivity index (χ0) is 12.4. The van der Waals surface area contributed by atoms with Crippen LogP contribution in [-0.2, 0) is 4.79 Å². The van der Waals surface area contributed by atoms with Gasteiger partial charge in [-0.25, -0.2) is 0 Å². The van der Waals surface area contributed by atoms with E-state index in [0.29, 0.717) is 5.92 Å². The largest absolute Gasteiger partial charge is 0.352 e. The van der Waals surface area contributed by atoms with Crippen molar-refractivity contribution in [2.24, 2.45) is 17.8 Å². The molecule has 1 heterocycles. The van der Waals surface area contributed by atoms with Crippen molar-refractivity contribution in [3.8, 4) is 0 Å². The molecule has 4 heteroatoms. The molecule has 2 aliphatic carbocycles. The molecule has 3 aliphatic rings. The molecule has 1 aliphatic heterocycles. The smallest absolute Gasteiger partial charge is 0.220 e. The molecule has 0 spiro atoms. The molecule has 2 fully saturated rings. The zero-order valence-electron chi connectivity index (χ0n) is 11.5. The molecule has 0 radical (unpaired) electrons. The molecule has 19 heavy (non-hydrogen) atoms. The second kappa shape index (κ2) is 6.76. The van der Waals surface area contributed by atoms with Crippen molar-refractivity contribution in [2.75, 3.05) is 19.6 Å². The summed E-state index contributed by atoms with van der Waals surface area (Å²) in [6, 6.07) is 0. The van der Waals surface area contributed by atoms with Gasteiger partial charge >= 0.3 is 0 Å². The fraction of sp³-hybridized carbons (Fsp3) is 0.800. The third-order valence-electron chi connectivity index (χ3n) is 5.00. The minimum absolute atomic E-state index is 0. The number of hydrogen-bond acceptors (Lipinski definition) is 2. The van der Waals surface area contributed by atoms with Crippen LogP contribution in [-0.4, -0.2) is 25.5 Å². The van der Waals surface area contributed by atoms with E-state index in [1.54, 1.807) is 0 Å². The summed E-state index contributed by atoms with van der Waals surface area (Å²) in [5.41, 5.74) is 1.38. The number of fused-ring (bicyclic) bond motifs is 2. The average molecular weight is 285 g/mol. The number of carbonyl (C=O) groups is 1. The van der Waals surface area contributed by atoms with E-state index in [0.717, 1.165) is 44.3 Å². The Kier molecular flexibility index (Phi) is 5.28. The standard InChI is InChI=1S/C15H24N2O.ClH/c18-15(17-10-11-3-5-16-6-4-11)9-14-8-12-1-2-13(14)7-12;/h3,12-14,16H,1-2,4-10H2,(H,17,18);1H. The number of nitrogens with one attached hydrogen (secondary N) is 2. The Morgan fingerprint density at radius 1 is 1.37 bits per heavy atom. The van der Waals surface area contributed by atoms with Gasteiger partial charge in [0, 0.05) is 19.5 Å². The fourth-order valence-corrected chi connectivity index (χ4v) is 3.98. The first-order chi connectivity index (χ1) is 8.81. The van der Waals surface area contributed by atoms with E-state index in [9.17, 15) is 4.79 Å². The van der Waals surface area contributed by atoms with Crippen LogP contribution in [0.25, 0.3) is 0 Å². The van der Waals surface area contributed by atoms with Crippen molar-refractivity contribution < 1.29 is 4.79 Å². The molecule has 2 bridgehead atoms. The number of carbonyl (C=O) groups excluding carboxylic acids is 1. The van der Waals surface area contributed by atoms with E-state index in [-0.39, 0.29) is 18.3 Å². The van der Waals surface area contributed by atoms with Gasteiger partial charge in [-0.2, -0.15) is 0 Å². The Labute approximate surface area is 122 Å². The molecule has 108 valence electrons. The highest BCUT2D eigenvalue weighted by atomic mass is 35.5. The quantitative estimate of drug-likeness (QED) is 0.778. The van der Waals surface area contributed by atoms with Crippen molar-refractivity contribution in [3.05, 3.63) is 11.6 Å². The lowest BCUT2D eigenvalue weighted by Gasteiger charge is -2.21. The lowest BCUT2D eigenvalue weighted by Crippen LogP contribution is -2.31. The van der Waals surface area contributed by atoms with Crippen LogP contribution in [0.3, 0.4) is 0 Å². The molecule has 3 rings (SSSR count). The first-order valence-corrected chi connectivity index (χ1v) is 7.46. The van der Waals surface area contributed by atoms with Gasteiger partial charge in [0.25, 0.3) is 0 Å². The molecule has 0 aromatic rings. The Morgan fingerprint density at radius 2 is 2.26 bits per heavy atom. The van der Waals surface area contributed by atoms with Gasteiger partial charge in [0.05, 0.1) is 0 Å². The Hall–Kier alpha value is -0.540. The van der Waals surface area contributed by atoms with Crippen molar-refractivity contribution in [1.82, 2.24) is 10.6 Å². The third-order valence-corrected chi connectivity index (χ3v) is 5.00. The van der Waals surface area contributed by atoms with Crippen LogP contribution in [0.4, 0.5) is 0 Å². The summed E-state index contributed by atoms with van der Waals surface area (Å²) in [6.07, 6.45) is 9.56. The lowest BCUT2D eigenvalue weighted by molar-refractivity contribution is -0.122. The van der Waals surface area contributed by atoms with E-state index in [2.05, 4.69) is 16.7 Å². The summed E-state index contributed by atoms with van der Waals surface area (Å²) < 4.78 is 0. The van der Waals surface area contributed by atoms with Gasteiger partial charge < -0.3 is 10.6 Å². The molecule has 0 aromatic carbocycles. The summed E-state index contributed by atoms with van der Waals surface area (Å²) in [5, 5.41) is 6.39. The first kappa shape index (κ1) is 14.9. The zero-order valence-corrected chi connectivity index (χ0v) is 12.3. The van der Waals surface area contributed by atoms with Gasteiger partial charge in [0.2, 0.25) is 5.91 Å². The Morgan fingerprint density at radius 3 is 2.89 bits per heavy atom. The molecule has 3 unspecified atom stereocenters. The van der Waals surface area contributed by atoms with Crippen molar-refractivity contribution in [2.45, 2.75) is 38.5 Å². The predicted molar refractivity (Wildman–Crippen MR) is 79.4 cm³/mol. The van der Waals surface area contributed by atoms with Gasteiger partial charge in [0.15, 0.2) is 0 Å². The van der Waals surface area contributed by atoms with Crippen LogP contribution in [0.5, 0.6) is 0 Å². The summed E-state index contributed by atoms with van der Waals surface area (Å²) >= 11 is 0. The maximum Gasteiger partial charge on any atom is 0.220 e. The van der Waals surface area contributed by atoms with Crippen LogP contribution in [0, 0.1) is 17.8 Å². The number of halogens is 1. The van der Waals surface area contributed by atoms with Crippen molar-refractivity contribution in [3.63, 3.8) is 0 Å². The van der Waals surface area contributed by atoms with Crippen LogP contribution >= 0.6 is 12.4 Å². The molecule has 3 nitrogen and oxygen atoms in total. The maximum atomic E-state index is 12.0. The second-order valence-electron chi connectivity index (χ2n) is 6.23. The van der Waals surface area contributed by atoms with E-state index >= 15 is 0 Å². The summed E-state index contributed by atoms with van der Waals surface area (Å²) in [6.45, 7) is 2.77. The molecule has 2 saturated carbocycles. The monoisotopic (exact) mass is 284 g/mol. The third kappa shape index (κ3) is 3.73. The number of hydrogen-bond donors (Lipinski definition) is 2. The van der Waals surface area contributed by atoms with Crippen LogP contribution in [0.15, 0.2) is 11.6 Å². The minimum Gasteiger partial charge on any atom is -0.352 e. The fourth-order valence-electron chi connectivity index (χ4n) is 3.98. The van der Waals surface area contributed by atoms with Gasteiger partial charge in [-0.15, -0.1) is 12.4 Å². The lowest BCUT2D eigenvalue weighted by atomic mass is 9.86. The SMILES string of the molecule is Cl.O=C(CC1CC2CCC1C2)NCC1=CCNCC1. The van der Waals surface area contributed by atoms with Crippen molar-refractivity contribution >= 4 is 18.3 Å². The molecule has 2 N–H and O–H groups in total. The molecular formula is C15H25ClN2O. The van der Waals surface area contributed by atoms with Gasteiger partial charge in [-0.3, -0.25) is 4.79 Å². The van der Waals surface area contributed by atoms with Crippen LogP contribution in [0.1, 0.15) is 38.5 Å². The molecule has 1 amide bonds. The van der Waals surface area contributed by atoms with E-state index in [4.69, 9.17) is 0 Å². The molecule has 0 saturated heterocycles. The van der Waals surface area contributed by atoms with E-state index in [1.807, 2.05) is 0 Å². The highest BCUT2D eigenvalue weighted by molar-refractivity contribution is 5.85. The van der Waals surface area contributed by atoms with E-state index in [1.165, 1.54) is 31.3 Å². The average Bonchev–Trinajstić information content (AvgIpc) is 3.00. The normalized spacial score (nSPS) is 32.6. The highest BCUT2D eigenvalue weighted by Gasteiger charge is 2.39.